The zero-order valence-electron chi connectivity index (χ0n) is 9.85. The fraction of sp³-hybridized carbons (Fsp3) is 0.333. The highest BCUT2D eigenvalue weighted by molar-refractivity contribution is 7.07. The molecule has 0 aromatic carbocycles. The average molecular weight is 268 g/mol. The molecular weight excluding hydrogens is 254 g/mol. The third-order valence-corrected chi connectivity index (χ3v) is 3.24. The van der Waals surface area contributed by atoms with Crippen LogP contribution in [0.5, 0.6) is 0 Å². The van der Waals surface area contributed by atoms with Gasteiger partial charge in [-0.3, -0.25) is 4.90 Å². The van der Waals surface area contributed by atoms with Crippen LogP contribution in [0.1, 0.15) is 17.1 Å². The van der Waals surface area contributed by atoms with Crippen LogP contribution in [0.2, 0.25) is 5.15 Å². The van der Waals surface area contributed by atoms with Gasteiger partial charge in [-0.2, -0.15) is 11.3 Å². The van der Waals surface area contributed by atoms with E-state index < -0.39 is 0 Å². The van der Waals surface area contributed by atoms with Gasteiger partial charge in [0.05, 0.1) is 6.54 Å². The summed E-state index contributed by atoms with van der Waals surface area (Å²) in [6.07, 6.45) is 0. The largest absolute Gasteiger partial charge is 0.295 e. The molecule has 0 unspecified atom stereocenters. The van der Waals surface area contributed by atoms with Crippen molar-refractivity contribution in [2.75, 3.05) is 7.05 Å². The summed E-state index contributed by atoms with van der Waals surface area (Å²) in [5, 5.41) is 4.75. The van der Waals surface area contributed by atoms with Crippen LogP contribution in [0.25, 0.3) is 0 Å². The molecule has 2 aromatic heterocycles. The molecule has 3 nitrogen and oxygen atoms in total. The molecule has 0 aliphatic heterocycles. The molecule has 17 heavy (non-hydrogen) atoms. The van der Waals surface area contributed by atoms with Crippen molar-refractivity contribution in [2.45, 2.75) is 20.0 Å². The van der Waals surface area contributed by atoms with Crippen molar-refractivity contribution in [1.82, 2.24) is 14.9 Å². The summed E-state index contributed by atoms with van der Waals surface area (Å²) in [5.41, 5.74) is 2.22. The molecule has 0 saturated heterocycles. The molecule has 0 fully saturated rings. The summed E-state index contributed by atoms with van der Waals surface area (Å²) in [6, 6.07) is 3.90. The lowest BCUT2D eigenvalue weighted by molar-refractivity contribution is 0.310. The maximum absolute atomic E-state index is 5.91. The number of thiophene rings is 1. The van der Waals surface area contributed by atoms with Crippen molar-refractivity contribution in [3.8, 4) is 0 Å². The van der Waals surface area contributed by atoms with E-state index in [4.69, 9.17) is 11.6 Å². The molecule has 0 aliphatic carbocycles. The van der Waals surface area contributed by atoms with Gasteiger partial charge in [0.2, 0.25) is 0 Å². The Morgan fingerprint density at radius 2 is 2.18 bits per heavy atom. The van der Waals surface area contributed by atoms with Crippen LogP contribution >= 0.6 is 22.9 Å². The van der Waals surface area contributed by atoms with Crippen molar-refractivity contribution >= 4 is 22.9 Å². The van der Waals surface area contributed by atoms with Gasteiger partial charge < -0.3 is 0 Å². The predicted octanol–water partition coefficient (Wildman–Crippen LogP) is 3.13. The van der Waals surface area contributed by atoms with Gasteiger partial charge in [0.15, 0.2) is 0 Å². The van der Waals surface area contributed by atoms with E-state index in [0.717, 1.165) is 18.1 Å². The van der Waals surface area contributed by atoms with Crippen molar-refractivity contribution in [1.29, 1.82) is 0 Å². The second-order valence-corrected chi connectivity index (χ2v) is 5.22. The fourth-order valence-electron chi connectivity index (χ4n) is 1.65. The normalized spacial score (nSPS) is 11.1. The number of aryl methyl sites for hydroxylation is 1. The number of hydrogen-bond donors (Lipinski definition) is 0. The number of hydrogen-bond acceptors (Lipinski definition) is 4. The number of rotatable bonds is 4. The maximum Gasteiger partial charge on any atom is 0.144 e. The third kappa shape index (κ3) is 3.77. The SMILES string of the molecule is Cc1cc(Cl)nc(CN(C)Cc2ccsc2)n1. The first-order chi connectivity index (χ1) is 8.13. The Balaban J connectivity index is 2.00. The zero-order valence-corrected chi connectivity index (χ0v) is 11.4. The van der Waals surface area contributed by atoms with E-state index in [0.29, 0.717) is 11.7 Å². The van der Waals surface area contributed by atoms with Crippen molar-refractivity contribution in [3.05, 3.63) is 45.1 Å². The highest BCUT2D eigenvalue weighted by Gasteiger charge is 2.06. The van der Waals surface area contributed by atoms with Crippen LogP contribution < -0.4 is 0 Å². The minimum Gasteiger partial charge on any atom is -0.295 e. The smallest absolute Gasteiger partial charge is 0.144 e. The van der Waals surface area contributed by atoms with Crippen LogP contribution in [0.3, 0.4) is 0 Å². The van der Waals surface area contributed by atoms with E-state index in [1.54, 1.807) is 17.4 Å². The standard InChI is InChI=1S/C12H14ClN3S/c1-9-5-11(13)15-12(14-9)7-16(2)6-10-3-4-17-8-10/h3-5,8H,6-7H2,1-2H3. The molecule has 2 aromatic rings. The maximum atomic E-state index is 5.91. The second kappa shape index (κ2) is 5.58. The number of aromatic nitrogens is 2. The lowest BCUT2D eigenvalue weighted by Crippen LogP contribution is -2.18. The average Bonchev–Trinajstić information content (AvgIpc) is 2.67. The van der Waals surface area contributed by atoms with Crippen LogP contribution in [-0.2, 0) is 13.1 Å². The van der Waals surface area contributed by atoms with Crippen LogP contribution in [0.15, 0.2) is 22.9 Å². The van der Waals surface area contributed by atoms with E-state index in [9.17, 15) is 0 Å². The molecule has 0 N–H and O–H groups in total. The Morgan fingerprint density at radius 1 is 1.35 bits per heavy atom. The highest BCUT2D eigenvalue weighted by Crippen LogP contribution is 2.11. The first-order valence-corrected chi connectivity index (χ1v) is 6.65. The van der Waals surface area contributed by atoms with Gasteiger partial charge in [-0.15, -0.1) is 0 Å². The van der Waals surface area contributed by atoms with Crippen LogP contribution in [-0.4, -0.2) is 21.9 Å². The molecule has 2 heterocycles. The second-order valence-electron chi connectivity index (χ2n) is 4.05. The zero-order chi connectivity index (χ0) is 12.3. The Labute approximate surface area is 110 Å². The summed E-state index contributed by atoms with van der Waals surface area (Å²) in [5.74, 6) is 0.771. The van der Waals surface area contributed by atoms with E-state index in [1.165, 1.54) is 5.56 Å². The molecular formula is C12H14ClN3S. The summed E-state index contributed by atoms with van der Waals surface area (Å²) >= 11 is 7.62. The summed E-state index contributed by atoms with van der Waals surface area (Å²) < 4.78 is 0. The minimum atomic E-state index is 0.511. The Morgan fingerprint density at radius 3 is 2.82 bits per heavy atom. The van der Waals surface area contributed by atoms with Gasteiger partial charge >= 0.3 is 0 Å². The van der Waals surface area contributed by atoms with Gasteiger partial charge in [0.1, 0.15) is 11.0 Å². The van der Waals surface area contributed by atoms with Gasteiger partial charge in [-0.05, 0) is 42.4 Å². The van der Waals surface area contributed by atoms with Gasteiger partial charge in [-0.25, -0.2) is 9.97 Å². The molecule has 90 valence electrons. The molecule has 0 bridgehead atoms. The molecule has 0 radical (unpaired) electrons. The van der Waals surface area contributed by atoms with E-state index >= 15 is 0 Å². The monoisotopic (exact) mass is 267 g/mol. The van der Waals surface area contributed by atoms with Gasteiger partial charge in [-0.1, -0.05) is 11.6 Å². The molecule has 5 heteroatoms. The van der Waals surface area contributed by atoms with Gasteiger partial charge in [0.25, 0.3) is 0 Å². The first kappa shape index (κ1) is 12.5. The Kier molecular flexibility index (Phi) is 4.10. The number of halogens is 1. The van der Waals surface area contributed by atoms with Crippen LogP contribution in [0, 0.1) is 6.92 Å². The molecule has 0 spiro atoms. The Bertz CT molecular complexity index is 464. The van der Waals surface area contributed by atoms with E-state index in [2.05, 4.69) is 38.7 Å². The Hall–Kier alpha value is -0.970. The molecule has 0 saturated carbocycles. The molecule has 0 aliphatic rings. The predicted molar refractivity (Wildman–Crippen MR) is 71.3 cm³/mol. The minimum absolute atomic E-state index is 0.511. The summed E-state index contributed by atoms with van der Waals surface area (Å²) in [4.78, 5) is 10.8. The molecule has 0 atom stereocenters. The molecule has 2 rings (SSSR count). The summed E-state index contributed by atoms with van der Waals surface area (Å²) in [7, 11) is 2.05. The van der Waals surface area contributed by atoms with Crippen molar-refractivity contribution in [3.63, 3.8) is 0 Å². The topological polar surface area (TPSA) is 29.0 Å². The fourth-order valence-corrected chi connectivity index (χ4v) is 2.57. The lowest BCUT2D eigenvalue weighted by Gasteiger charge is -2.14. The quantitative estimate of drug-likeness (QED) is 0.797. The van der Waals surface area contributed by atoms with E-state index in [1.807, 2.05) is 6.92 Å². The molecule has 0 amide bonds. The van der Waals surface area contributed by atoms with Crippen molar-refractivity contribution < 1.29 is 0 Å². The lowest BCUT2D eigenvalue weighted by atomic mass is 10.3. The number of nitrogens with zero attached hydrogens (tertiary/aromatic N) is 3. The van der Waals surface area contributed by atoms with Crippen molar-refractivity contribution in [2.24, 2.45) is 0 Å². The van der Waals surface area contributed by atoms with Crippen LogP contribution in [0.4, 0.5) is 0 Å². The third-order valence-electron chi connectivity index (χ3n) is 2.31. The highest BCUT2D eigenvalue weighted by atomic mass is 35.5. The van der Waals surface area contributed by atoms with Gasteiger partial charge in [0, 0.05) is 12.2 Å². The summed E-state index contributed by atoms with van der Waals surface area (Å²) in [6.45, 7) is 3.53. The first-order valence-electron chi connectivity index (χ1n) is 5.33. The van der Waals surface area contributed by atoms with E-state index in [-0.39, 0.29) is 0 Å².